The third-order valence-corrected chi connectivity index (χ3v) is 5.64. The van der Waals surface area contributed by atoms with Crippen molar-refractivity contribution in [1.82, 2.24) is 4.90 Å². The molecule has 0 unspecified atom stereocenters. The predicted octanol–water partition coefficient (Wildman–Crippen LogP) is 5.03. The number of nitrogens with zero attached hydrogens (tertiary/aromatic N) is 2. The van der Waals surface area contributed by atoms with Gasteiger partial charge in [0.15, 0.2) is 12.5 Å². The molecule has 2 aromatic heterocycles. The first-order valence-corrected chi connectivity index (χ1v) is 11.1. The number of carbonyl (C=O) groups is 1. The maximum Gasteiger partial charge on any atom is 0.261 e. The molecule has 164 valence electrons. The van der Waals surface area contributed by atoms with Crippen LogP contribution in [0.2, 0.25) is 0 Å². The molecule has 0 bridgehead atoms. The molecule has 1 aliphatic heterocycles. The first-order chi connectivity index (χ1) is 15.2. The maximum atomic E-state index is 13.0. The highest BCUT2D eigenvalue weighted by atomic mass is 16.5. The van der Waals surface area contributed by atoms with Gasteiger partial charge in [-0.1, -0.05) is 19.1 Å². The Morgan fingerprint density at radius 3 is 2.48 bits per heavy atom. The zero-order valence-electron chi connectivity index (χ0n) is 18.1. The minimum atomic E-state index is -0.119. The molecule has 1 amide bonds. The van der Waals surface area contributed by atoms with Gasteiger partial charge < -0.3 is 23.4 Å². The largest absolute Gasteiger partial charge is 0.484 e. The standard InChI is InChI=1S/C25H30N2O4/c1-2-20-8-10-21(11-9-20)30-19-24(28)27(17-22-7-6-16-29-22)18-23-12-13-25(31-23)26-14-4-3-5-15-26/h6-13,16H,2-5,14-15,17-19H2,1H3. The van der Waals surface area contributed by atoms with Crippen LogP contribution < -0.4 is 9.64 Å². The molecule has 6 heteroatoms. The van der Waals surface area contributed by atoms with Crippen LogP contribution in [-0.2, 0) is 24.3 Å². The summed E-state index contributed by atoms with van der Waals surface area (Å²) in [6, 6.07) is 15.5. The lowest BCUT2D eigenvalue weighted by atomic mass is 10.1. The van der Waals surface area contributed by atoms with Crippen molar-refractivity contribution < 1.29 is 18.4 Å². The summed E-state index contributed by atoms with van der Waals surface area (Å²) in [4.78, 5) is 17.0. The van der Waals surface area contributed by atoms with Crippen molar-refractivity contribution in [3.05, 3.63) is 71.9 Å². The summed E-state index contributed by atoms with van der Waals surface area (Å²) < 4.78 is 17.3. The minimum absolute atomic E-state index is 0.0358. The maximum absolute atomic E-state index is 13.0. The van der Waals surface area contributed by atoms with E-state index >= 15 is 0 Å². The number of benzene rings is 1. The molecule has 0 spiro atoms. The lowest BCUT2D eigenvalue weighted by Gasteiger charge is -2.26. The molecule has 31 heavy (non-hydrogen) atoms. The second-order valence-electron chi connectivity index (χ2n) is 7.90. The van der Waals surface area contributed by atoms with Crippen LogP contribution in [0.15, 0.2) is 63.6 Å². The van der Waals surface area contributed by atoms with Gasteiger partial charge in [0.1, 0.15) is 17.3 Å². The Morgan fingerprint density at radius 1 is 1.00 bits per heavy atom. The Balaban J connectivity index is 1.41. The number of carbonyl (C=O) groups excluding carboxylic acids is 1. The molecule has 0 saturated carbocycles. The van der Waals surface area contributed by atoms with Gasteiger partial charge in [-0.3, -0.25) is 4.79 Å². The number of amides is 1. The van der Waals surface area contributed by atoms with E-state index in [1.54, 1.807) is 11.2 Å². The fourth-order valence-electron chi connectivity index (χ4n) is 3.80. The van der Waals surface area contributed by atoms with Crippen molar-refractivity contribution in [2.45, 2.75) is 45.7 Å². The van der Waals surface area contributed by atoms with Crippen LogP contribution >= 0.6 is 0 Å². The quantitative estimate of drug-likeness (QED) is 0.484. The van der Waals surface area contributed by atoms with Crippen LogP contribution in [0.4, 0.5) is 5.88 Å². The first kappa shape index (κ1) is 21.1. The second-order valence-corrected chi connectivity index (χ2v) is 7.90. The van der Waals surface area contributed by atoms with Gasteiger partial charge in [0.2, 0.25) is 0 Å². The number of anilines is 1. The average molecular weight is 423 g/mol. The van der Waals surface area contributed by atoms with E-state index in [9.17, 15) is 4.79 Å². The summed E-state index contributed by atoms with van der Waals surface area (Å²) in [5.74, 6) is 2.93. The van der Waals surface area contributed by atoms with Crippen molar-refractivity contribution in [2.75, 3.05) is 24.6 Å². The fourth-order valence-corrected chi connectivity index (χ4v) is 3.80. The van der Waals surface area contributed by atoms with Crippen molar-refractivity contribution in [1.29, 1.82) is 0 Å². The number of furan rings is 2. The molecule has 0 aliphatic carbocycles. The minimum Gasteiger partial charge on any atom is -0.484 e. The molecule has 1 saturated heterocycles. The van der Waals surface area contributed by atoms with Crippen LogP contribution in [0.3, 0.4) is 0 Å². The van der Waals surface area contributed by atoms with Crippen LogP contribution in [0, 0.1) is 0 Å². The van der Waals surface area contributed by atoms with E-state index in [0.717, 1.165) is 36.9 Å². The monoisotopic (exact) mass is 422 g/mol. The van der Waals surface area contributed by atoms with E-state index in [2.05, 4.69) is 11.8 Å². The Hall–Kier alpha value is -3.15. The number of aryl methyl sites for hydroxylation is 1. The van der Waals surface area contributed by atoms with E-state index in [1.165, 1.54) is 24.8 Å². The zero-order chi connectivity index (χ0) is 21.5. The SMILES string of the molecule is CCc1ccc(OCC(=O)N(Cc2ccco2)Cc2ccc(N3CCCCC3)o2)cc1. The topological polar surface area (TPSA) is 59.1 Å². The normalized spacial score (nSPS) is 13.9. The molecule has 4 rings (SSSR count). The third kappa shape index (κ3) is 5.72. The Kier molecular flexibility index (Phi) is 6.97. The summed E-state index contributed by atoms with van der Waals surface area (Å²) in [6.45, 7) is 4.84. The molecule has 0 N–H and O–H groups in total. The summed E-state index contributed by atoms with van der Waals surface area (Å²) >= 11 is 0. The molecule has 3 heterocycles. The summed E-state index contributed by atoms with van der Waals surface area (Å²) in [7, 11) is 0. The van der Waals surface area contributed by atoms with Crippen molar-refractivity contribution >= 4 is 11.8 Å². The highest BCUT2D eigenvalue weighted by molar-refractivity contribution is 5.77. The molecule has 1 aliphatic rings. The molecule has 0 radical (unpaired) electrons. The highest BCUT2D eigenvalue weighted by Gasteiger charge is 2.20. The summed E-state index contributed by atoms with van der Waals surface area (Å²) in [6.07, 6.45) is 6.24. The fraction of sp³-hybridized carbons (Fsp3) is 0.400. The van der Waals surface area contributed by atoms with Gasteiger partial charge >= 0.3 is 0 Å². The Labute approximate surface area is 183 Å². The smallest absolute Gasteiger partial charge is 0.261 e. The Bertz CT molecular complexity index is 940. The van der Waals surface area contributed by atoms with Gasteiger partial charge in [-0.2, -0.15) is 0 Å². The second kappa shape index (κ2) is 10.2. The Morgan fingerprint density at radius 2 is 1.77 bits per heavy atom. The van der Waals surface area contributed by atoms with E-state index in [-0.39, 0.29) is 12.5 Å². The van der Waals surface area contributed by atoms with Crippen LogP contribution in [-0.4, -0.2) is 30.5 Å². The number of hydrogen-bond acceptors (Lipinski definition) is 5. The van der Waals surface area contributed by atoms with Crippen LogP contribution in [0.5, 0.6) is 5.75 Å². The lowest BCUT2D eigenvalue weighted by Crippen LogP contribution is -2.34. The number of ether oxygens (including phenoxy) is 1. The molecule has 3 aromatic rings. The molecule has 1 fully saturated rings. The van der Waals surface area contributed by atoms with Crippen molar-refractivity contribution in [3.63, 3.8) is 0 Å². The van der Waals surface area contributed by atoms with E-state index in [0.29, 0.717) is 18.8 Å². The molecule has 0 atom stereocenters. The van der Waals surface area contributed by atoms with E-state index in [1.807, 2.05) is 48.5 Å². The van der Waals surface area contributed by atoms with Crippen molar-refractivity contribution in [2.24, 2.45) is 0 Å². The lowest BCUT2D eigenvalue weighted by molar-refractivity contribution is -0.135. The summed E-state index contributed by atoms with van der Waals surface area (Å²) in [5.41, 5.74) is 1.24. The molecular formula is C25H30N2O4. The molecular weight excluding hydrogens is 392 g/mol. The first-order valence-electron chi connectivity index (χ1n) is 11.1. The van der Waals surface area contributed by atoms with Gasteiger partial charge in [-0.25, -0.2) is 0 Å². The summed E-state index contributed by atoms with van der Waals surface area (Å²) in [5, 5.41) is 0. The molecule has 6 nitrogen and oxygen atoms in total. The number of rotatable bonds is 9. The van der Waals surface area contributed by atoms with Gasteiger partial charge in [-0.15, -0.1) is 0 Å². The van der Waals surface area contributed by atoms with E-state index in [4.69, 9.17) is 13.6 Å². The predicted molar refractivity (Wildman–Crippen MR) is 119 cm³/mol. The van der Waals surface area contributed by atoms with Gasteiger partial charge in [0.05, 0.1) is 19.4 Å². The van der Waals surface area contributed by atoms with Gasteiger partial charge in [0.25, 0.3) is 5.91 Å². The van der Waals surface area contributed by atoms with Gasteiger partial charge in [-0.05, 0) is 61.6 Å². The average Bonchev–Trinajstić information content (AvgIpc) is 3.50. The van der Waals surface area contributed by atoms with E-state index < -0.39 is 0 Å². The van der Waals surface area contributed by atoms with Gasteiger partial charge in [0, 0.05) is 19.2 Å². The van der Waals surface area contributed by atoms with Crippen LogP contribution in [0.25, 0.3) is 0 Å². The zero-order valence-corrected chi connectivity index (χ0v) is 18.1. The number of piperidine rings is 1. The number of hydrogen-bond donors (Lipinski definition) is 0. The van der Waals surface area contributed by atoms with Crippen molar-refractivity contribution in [3.8, 4) is 5.75 Å². The molecule has 1 aromatic carbocycles. The van der Waals surface area contributed by atoms with Crippen LogP contribution in [0.1, 0.15) is 43.3 Å². The third-order valence-electron chi connectivity index (χ3n) is 5.64. The highest BCUT2D eigenvalue weighted by Crippen LogP contribution is 2.24.